The van der Waals surface area contributed by atoms with Gasteiger partial charge in [0.1, 0.15) is 18.1 Å². The second kappa shape index (κ2) is 17.3. The number of nitrogens with two attached hydrogens (primary N) is 2. The maximum Gasteiger partial charge on any atom is 0.326 e. The van der Waals surface area contributed by atoms with Crippen molar-refractivity contribution in [2.45, 2.75) is 69.1 Å². The number of carbonyl (C=O) groups excluding carboxylic acids is 3. The van der Waals surface area contributed by atoms with Crippen molar-refractivity contribution in [2.75, 3.05) is 18.6 Å². The fraction of sp³-hybridized carbons (Fsp3) is 0.519. The number of para-hydroxylation sites is 1. The molecular formula is C27H40N6O7S. The molecule has 1 aromatic carbocycles. The van der Waals surface area contributed by atoms with E-state index in [0.29, 0.717) is 37.1 Å². The van der Waals surface area contributed by atoms with Gasteiger partial charge in [0.2, 0.25) is 17.7 Å². The number of unbranched alkanes of at least 4 members (excludes halogenated alkanes) is 1. The third kappa shape index (κ3) is 11.1. The average molecular weight is 593 g/mol. The highest BCUT2D eigenvalue weighted by atomic mass is 32.2. The van der Waals surface area contributed by atoms with Crippen LogP contribution in [-0.2, 0) is 30.4 Å². The van der Waals surface area contributed by atoms with Crippen LogP contribution in [0.5, 0.6) is 0 Å². The summed E-state index contributed by atoms with van der Waals surface area (Å²) in [5, 5.41) is 27.4. The van der Waals surface area contributed by atoms with Gasteiger partial charge in [-0.05, 0) is 62.3 Å². The number of fused-ring (bicyclic) bond motifs is 1. The normalized spacial score (nSPS) is 14.0. The van der Waals surface area contributed by atoms with Crippen LogP contribution in [0.3, 0.4) is 0 Å². The minimum absolute atomic E-state index is 0.000217. The van der Waals surface area contributed by atoms with Gasteiger partial charge in [-0.3, -0.25) is 19.2 Å². The van der Waals surface area contributed by atoms with E-state index in [2.05, 4.69) is 20.9 Å². The molecular weight excluding hydrogens is 552 g/mol. The Morgan fingerprint density at radius 2 is 1.54 bits per heavy atom. The highest BCUT2D eigenvalue weighted by Crippen LogP contribution is 2.19. The summed E-state index contributed by atoms with van der Waals surface area (Å²) < 4.78 is 0. The van der Waals surface area contributed by atoms with Crippen molar-refractivity contribution >= 4 is 52.3 Å². The van der Waals surface area contributed by atoms with Gasteiger partial charge in [0, 0.05) is 29.9 Å². The summed E-state index contributed by atoms with van der Waals surface area (Å²) >= 11 is 1.50. The summed E-state index contributed by atoms with van der Waals surface area (Å²) in [5.41, 5.74) is 13.0. The van der Waals surface area contributed by atoms with Crippen LogP contribution in [0.4, 0.5) is 0 Å². The number of nitrogens with one attached hydrogen (secondary N) is 4. The SMILES string of the molecule is CSCCC(N)C(=O)NC(CCC(=O)O)C(=O)NC(CCCCN)C(=O)NC(Cc1c[nH]c2ccccc12)C(=O)O. The van der Waals surface area contributed by atoms with E-state index in [1.165, 1.54) is 11.8 Å². The maximum absolute atomic E-state index is 13.3. The molecule has 4 unspecified atom stereocenters. The first-order valence-electron chi connectivity index (χ1n) is 13.4. The number of carboxylic acid groups (broad SMARTS) is 2. The number of amides is 3. The van der Waals surface area contributed by atoms with Crippen molar-refractivity contribution in [3.63, 3.8) is 0 Å². The van der Waals surface area contributed by atoms with Crippen molar-refractivity contribution in [2.24, 2.45) is 11.5 Å². The second-order valence-corrected chi connectivity index (χ2v) is 10.7. The Balaban J connectivity index is 2.18. The van der Waals surface area contributed by atoms with E-state index >= 15 is 0 Å². The Labute approximate surface area is 242 Å². The molecule has 2 aromatic rings. The summed E-state index contributed by atoms with van der Waals surface area (Å²) in [6.07, 6.45) is 4.44. The topological polar surface area (TPSA) is 230 Å². The molecule has 1 heterocycles. The minimum atomic E-state index is -1.28. The van der Waals surface area contributed by atoms with E-state index in [-0.39, 0.29) is 19.3 Å². The minimum Gasteiger partial charge on any atom is -0.481 e. The van der Waals surface area contributed by atoms with Crippen LogP contribution in [0.25, 0.3) is 10.9 Å². The predicted molar refractivity (Wildman–Crippen MR) is 156 cm³/mol. The van der Waals surface area contributed by atoms with Gasteiger partial charge < -0.3 is 42.6 Å². The maximum atomic E-state index is 13.3. The molecule has 226 valence electrons. The van der Waals surface area contributed by atoms with E-state index < -0.39 is 60.2 Å². The molecule has 0 spiro atoms. The quantitative estimate of drug-likeness (QED) is 0.104. The van der Waals surface area contributed by atoms with Crippen LogP contribution in [0.2, 0.25) is 0 Å². The van der Waals surface area contributed by atoms with Gasteiger partial charge in [0.25, 0.3) is 0 Å². The molecule has 14 heteroatoms. The third-order valence-electron chi connectivity index (χ3n) is 6.54. The monoisotopic (exact) mass is 592 g/mol. The van der Waals surface area contributed by atoms with Gasteiger partial charge in [-0.1, -0.05) is 18.2 Å². The number of rotatable bonds is 19. The molecule has 0 saturated carbocycles. The highest BCUT2D eigenvalue weighted by Gasteiger charge is 2.31. The number of aromatic nitrogens is 1. The number of hydrogen-bond acceptors (Lipinski definition) is 8. The Hall–Kier alpha value is -3.62. The van der Waals surface area contributed by atoms with E-state index in [1.807, 2.05) is 30.5 Å². The summed E-state index contributed by atoms with van der Waals surface area (Å²) in [7, 11) is 0. The number of carbonyl (C=O) groups is 5. The smallest absolute Gasteiger partial charge is 0.326 e. The lowest BCUT2D eigenvalue weighted by atomic mass is 10.0. The lowest BCUT2D eigenvalue weighted by Gasteiger charge is -2.25. The Kier molecular flexibility index (Phi) is 14.1. The van der Waals surface area contributed by atoms with Crippen molar-refractivity contribution in [1.82, 2.24) is 20.9 Å². The van der Waals surface area contributed by atoms with Gasteiger partial charge >= 0.3 is 11.9 Å². The van der Waals surface area contributed by atoms with Gasteiger partial charge in [0.15, 0.2) is 0 Å². The Morgan fingerprint density at radius 3 is 2.17 bits per heavy atom. The second-order valence-electron chi connectivity index (χ2n) is 9.69. The standard InChI is InChI=1S/C27H40N6O7S/c1-41-13-11-18(29)24(36)31-21(9-10-23(34)35)26(38)32-20(8-4-5-12-28)25(37)33-22(27(39)40)14-16-15-30-19-7-3-2-6-17(16)19/h2-3,6-7,15,18,20-22,30H,4-5,8-14,28-29H2,1H3,(H,31,36)(H,32,38)(H,33,37)(H,34,35)(H,39,40). The van der Waals surface area contributed by atoms with E-state index in [1.54, 1.807) is 6.20 Å². The molecule has 4 atom stereocenters. The molecule has 0 radical (unpaired) electrons. The van der Waals surface area contributed by atoms with Crippen LogP contribution in [0, 0.1) is 0 Å². The highest BCUT2D eigenvalue weighted by molar-refractivity contribution is 7.98. The fourth-order valence-electron chi connectivity index (χ4n) is 4.22. The number of benzene rings is 1. The van der Waals surface area contributed by atoms with Crippen molar-refractivity contribution in [1.29, 1.82) is 0 Å². The zero-order valence-electron chi connectivity index (χ0n) is 23.1. The molecule has 10 N–H and O–H groups in total. The molecule has 0 aliphatic rings. The van der Waals surface area contributed by atoms with Crippen molar-refractivity contribution < 1.29 is 34.2 Å². The number of H-pyrrole nitrogens is 1. The first-order valence-corrected chi connectivity index (χ1v) is 14.8. The van der Waals surface area contributed by atoms with Crippen LogP contribution in [0.1, 0.15) is 44.1 Å². The first-order chi connectivity index (χ1) is 19.6. The lowest BCUT2D eigenvalue weighted by Crippen LogP contribution is -2.57. The summed E-state index contributed by atoms with van der Waals surface area (Å²) in [6.45, 7) is 0.353. The lowest BCUT2D eigenvalue weighted by molar-refractivity contribution is -0.142. The third-order valence-corrected chi connectivity index (χ3v) is 7.19. The summed E-state index contributed by atoms with van der Waals surface area (Å²) in [4.78, 5) is 65.4. The largest absolute Gasteiger partial charge is 0.481 e. The van der Waals surface area contributed by atoms with Crippen LogP contribution >= 0.6 is 11.8 Å². The van der Waals surface area contributed by atoms with Crippen LogP contribution < -0.4 is 27.4 Å². The molecule has 0 saturated heterocycles. The molecule has 0 aliphatic heterocycles. The van der Waals surface area contributed by atoms with Crippen molar-refractivity contribution in [3.05, 3.63) is 36.0 Å². The molecule has 2 rings (SSSR count). The summed E-state index contributed by atoms with van der Waals surface area (Å²) in [6, 6.07) is 2.78. The molecule has 0 aliphatic carbocycles. The van der Waals surface area contributed by atoms with Crippen molar-refractivity contribution in [3.8, 4) is 0 Å². The molecule has 1 aromatic heterocycles. The molecule has 0 fully saturated rings. The number of hydrogen-bond donors (Lipinski definition) is 8. The van der Waals surface area contributed by atoms with Gasteiger partial charge in [-0.2, -0.15) is 11.8 Å². The molecule has 13 nitrogen and oxygen atoms in total. The number of aliphatic carboxylic acids is 2. The van der Waals surface area contributed by atoms with Crippen LogP contribution in [0.15, 0.2) is 30.5 Å². The zero-order valence-corrected chi connectivity index (χ0v) is 23.9. The number of carboxylic acids is 2. The Bertz CT molecular complexity index is 1190. The van der Waals surface area contributed by atoms with Crippen LogP contribution in [-0.4, -0.2) is 87.6 Å². The number of aromatic amines is 1. The first kappa shape index (κ1) is 33.6. The summed E-state index contributed by atoms with van der Waals surface area (Å²) in [5.74, 6) is -3.90. The van der Waals surface area contributed by atoms with Gasteiger partial charge in [0.05, 0.1) is 6.04 Å². The molecule has 0 bridgehead atoms. The zero-order chi connectivity index (χ0) is 30.4. The number of thioether (sulfide) groups is 1. The molecule has 41 heavy (non-hydrogen) atoms. The predicted octanol–water partition coefficient (Wildman–Crippen LogP) is 0.324. The van der Waals surface area contributed by atoms with Gasteiger partial charge in [-0.25, -0.2) is 4.79 Å². The van der Waals surface area contributed by atoms with E-state index in [9.17, 15) is 29.1 Å². The van der Waals surface area contributed by atoms with E-state index in [4.69, 9.17) is 16.6 Å². The average Bonchev–Trinajstić information content (AvgIpc) is 3.35. The fourth-order valence-corrected chi connectivity index (χ4v) is 4.71. The Morgan fingerprint density at radius 1 is 0.902 bits per heavy atom. The molecule has 3 amide bonds. The van der Waals surface area contributed by atoms with E-state index in [0.717, 1.165) is 10.9 Å². The van der Waals surface area contributed by atoms with Gasteiger partial charge in [-0.15, -0.1) is 0 Å².